The number of ether oxygens (including phenoxy) is 2. The van der Waals surface area contributed by atoms with E-state index in [0.717, 1.165) is 6.54 Å². The number of methoxy groups -OCH3 is 2. The summed E-state index contributed by atoms with van der Waals surface area (Å²) in [5, 5.41) is 0. The zero-order valence-corrected chi connectivity index (χ0v) is 6.87. The molecule has 1 heterocycles. The van der Waals surface area contributed by atoms with Gasteiger partial charge in [-0.05, 0) is 0 Å². The molecule has 1 aliphatic rings. The van der Waals surface area contributed by atoms with E-state index in [2.05, 4.69) is 0 Å². The molecule has 0 aliphatic carbocycles. The molecule has 0 unspecified atom stereocenters. The molecule has 11 heavy (non-hydrogen) atoms. The molecule has 0 aromatic heterocycles. The fourth-order valence-corrected chi connectivity index (χ4v) is 0.980. The van der Waals surface area contributed by atoms with E-state index in [-0.39, 0.29) is 12.2 Å². The lowest BCUT2D eigenvalue weighted by molar-refractivity contribution is -0.155. The Bertz CT molecular complexity index is 145. The highest BCUT2D eigenvalue weighted by Gasteiger charge is 2.25. The van der Waals surface area contributed by atoms with Crippen molar-refractivity contribution >= 4 is 5.91 Å². The van der Waals surface area contributed by atoms with Gasteiger partial charge >= 0.3 is 0 Å². The van der Waals surface area contributed by atoms with E-state index in [1.807, 2.05) is 0 Å². The Morgan fingerprint density at radius 2 is 2.18 bits per heavy atom. The molecular weight excluding hydrogens is 146 g/mol. The van der Waals surface area contributed by atoms with Gasteiger partial charge in [0.15, 0.2) is 6.29 Å². The van der Waals surface area contributed by atoms with Crippen molar-refractivity contribution in [2.24, 2.45) is 0 Å². The van der Waals surface area contributed by atoms with Crippen LogP contribution < -0.4 is 0 Å². The molecule has 1 saturated heterocycles. The summed E-state index contributed by atoms with van der Waals surface area (Å²) in [7, 11) is 3.14. The molecule has 0 atom stereocenters. The van der Waals surface area contributed by atoms with Gasteiger partial charge in [0.2, 0.25) is 5.91 Å². The van der Waals surface area contributed by atoms with Crippen LogP contribution >= 0.6 is 0 Å². The Morgan fingerprint density at radius 1 is 1.55 bits per heavy atom. The first-order valence-corrected chi connectivity index (χ1v) is 3.61. The largest absolute Gasteiger partial charge is 0.354 e. The van der Waals surface area contributed by atoms with Gasteiger partial charge in [-0.25, -0.2) is 0 Å². The zero-order valence-electron chi connectivity index (χ0n) is 6.87. The first kappa shape index (κ1) is 8.49. The third kappa shape index (κ3) is 1.91. The highest BCUT2D eigenvalue weighted by atomic mass is 16.7. The van der Waals surface area contributed by atoms with E-state index in [9.17, 15) is 4.79 Å². The van der Waals surface area contributed by atoms with Crippen LogP contribution in [0.3, 0.4) is 0 Å². The van der Waals surface area contributed by atoms with E-state index in [4.69, 9.17) is 9.47 Å². The Morgan fingerprint density at radius 3 is 2.45 bits per heavy atom. The summed E-state index contributed by atoms with van der Waals surface area (Å²) >= 11 is 0. The van der Waals surface area contributed by atoms with Crippen LogP contribution in [-0.4, -0.2) is 44.4 Å². The van der Waals surface area contributed by atoms with E-state index >= 15 is 0 Å². The second-order valence-corrected chi connectivity index (χ2v) is 2.49. The molecule has 64 valence electrons. The Balaban J connectivity index is 2.22. The minimum Gasteiger partial charge on any atom is -0.354 e. The first-order chi connectivity index (χ1) is 5.27. The van der Waals surface area contributed by atoms with Crippen LogP contribution in [0.4, 0.5) is 0 Å². The highest BCUT2D eigenvalue weighted by molar-refractivity contribution is 5.81. The number of rotatable bonds is 4. The summed E-state index contributed by atoms with van der Waals surface area (Å²) in [6.07, 6.45) is 0.388. The van der Waals surface area contributed by atoms with Crippen molar-refractivity contribution in [2.75, 3.05) is 27.3 Å². The summed E-state index contributed by atoms with van der Waals surface area (Å²) in [4.78, 5) is 12.5. The van der Waals surface area contributed by atoms with Gasteiger partial charge < -0.3 is 14.4 Å². The average molecular weight is 159 g/mol. The molecule has 0 radical (unpaired) electrons. The Labute approximate surface area is 66.1 Å². The van der Waals surface area contributed by atoms with Crippen molar-refractivity contribution in [1.82, 2.24) is 4.90 Å². The standard InChI is InChI=1S/C7H13NO3/c1-10-7(11-2)5-8-4-3-6(8)9/h7H,3-5H2,1-2H3. The molecule has 0 aromatic rings. The SMILES string of the molecule is COC(CN1CCC1=O)OC. The molecule has 0 bridgehead atoms. The van der Waals surface area contributed by atoms with Gasteiger partial charge in [-0.15, -0.1) is 0 Å². The molecular formula is C7H13NO3. The van der Waals surface area contributed by atoms with Gasteiger partial charge in [0.05, 0.1) is 6.54 Å². The smallest absolute Gasteiger partial charge is 0.224 e. The van der Waals surface area contributed by atoms with Crippen LogP contribution in [0.1, 0.15) is 6.42 Å². The number of amides is 1. The number of nitrogens with zero attached hydrogens (tertiary/aromatic N) is 1. The molecule has 0 N–H and O–H groups in total. The maximum Gasteiger partial charge on any atom is 0.224 e. The predicted octanol–water partition coefficient (Wildman–Crippen LogP) is -0.162. The molecule has 0 aromatic carbocycles. The van der Waals surface area contributed by atoms with Gasteiger partial charge in [0.25, 0.3) is 0 Å². The molecule has 1 amide bonds. The number of hydrogen-bond acceptors (Lipinski definition) is 3. The van der Waals surface area contributed by atoms with E-state index in [1.54, 1.807) is 19.1 Å². The van der Waals surface area contributed by atoms with Gasteiger partial charge in [-0.2, -0.15) is 0 Å². The molecule has 4 nitrogen and oxygen atoms in total. The lowest BCUT2D eigenvalue weighted by Crippen LogP contribution is -2.47. The van der Waals surface area contributed by atoms with E-state index < -0.39 is 0 Å². The number of carbonyl (C=O) groups excluding carboxylic acids is 1. The lowest BCUT2D eigenvalue weighted by atomic mass is 10.2. The van der Waals surface area contributed by atoms with Crippen molar-refractivity contribution in [3.8, 4) is 0 Å². The number of β-lactam (4-membered cyclic amide) rings is 1. The normalized spacial score (nSPS) is 17.4. The monoisotopic (exact) mass is 159 g/mol. The van der Waals surface area contributed by atoms with Crippen LogP contribution in [0.15, 0.2) is 0 Å². The van der Waals surface area contributed by atoms with Crippen LogP contribution in [0, 0.1) is 0 Å². The molecule has 4 heteroatoms. The quantitative estimate of drug-likeness (QED) is 0.422. The third-order valence-electron chi connectivity index (χ3n) is 1.84. The van der Waals surface area contributed by atoms with Crippen molar-refractivity contribution in [2.45, 2.75) is 12.7 Å². The van der Waals surface area contributed by atoms with Gasteiger partial charge in [-0.3, -0.25) is 4.79 Å². The average Bonchev–Trinajstić information content (AvgIpc) is 2.04. The Hall–Kier alpha value is -0.610. The van der Waals surface area contributed by atoms with Crippen molar-refractivity contribution in [3.63, 3.8) is 0 Å². The second kappa shape index (κ2) is 3.69. The second-order valence-electron chi connectivity index (χ2n) is 2.49. The number of carbonyl (C=O) groups is 1. The van der Waals surface area contributed by atoms with Crippen LogP contribution in [0.5, 0.6) is 0 Å². The summed E-state index contributed by atoms with van der Waals surface area (Å²) in [6.45, 7) is 1.38. The maximum absolute atomic E-state index is 10.8. The van der Waals surface area contributed by atoms with Crippen molar-refractivity contribution in [3.05, 3.63) is 0 Å². The van der Waals surface area contributed by atoms with E-state index in [1.165, 1.54) is 0 Å². The summed E-state index contributed by atoms with van der Waals surface area (Å²) in [5.41, 5.74) is 0. The van der Waals surface area contributed by atoms with Gasteiger partial charge in [-0.1, -0.05) is 0 Å². The minimum absolute atomic E-state index is 0.184. The van der Waals surface area contributed by atoms with Crippen LogP contribution in [-0.2, 0) is 14.3 Å². The van der Waals surface area contributed by atoms with E-state index in [0.29, 0.717) is 13.0 Å². The molecule has 0 spiro atoms. The zero-order chi connectivity index (χ0) is 8.27. The number of hydrogen-bond donors (Lipinski definition) is 0. The molecule has 1 aliphatic heterocycles. The third-order valence-corrected chi connectivity index (χ3v) is 1.84. The minimum atomic E-state index is -0.278. The van der Waals surface area contributed by atoms with Crippen LogP contribution in [0.25, 0.3) is 0 Å². The maximum atomic E-state index is 10.8. The Kier molecular flexibility index (Phi) is 2.84. The molecule has 0 saturated carbocycles. The fraction of sp³-hybridized carbons (Fsp3) is 0.857. The first-order valence-electron chi connectivity index (χ1n) is 3.61. The highest BCUT2D eigenvalue weighted by Crippen LogP contribution is 2.09. The van der Waals surface area contributed by atoms with Crippen LogP contribution in [0.2, 0.25) is 0 Å². The molecule has 1 fully saturated rings. The van der Waals surface area contributed by atoms with Gasteiger partial charge in [0, 0.05) is 27.2 Å². The topological polar surface area (TPSA) is 38.8 Å². The van der Waals surface area contributed by atoms with Crippen molar-refractivity contribution in [1.29, 1.82) is 0 Å². The summed E-state index contributed by atoms with van der Waals surface area (Å²) in [5.74, 6) is 0.184. The van der Waals surface area contributed by atoms with Gasteiger partial charge in [0.1, 0.15) is 0 Å². The van der Waals surface area contributed by atoms with Crippen molar-refractivity contribution < 1.29 is 14.3 Å². The lowest BCUT2D eigenvalue weighted by Gasteiger charge is -2.32. The fourth-order valence-electron chi connectivity index (χ4n) is 0.980. The molecule has 1 rings (SSSR count). The summed E-state index contributed by atoms with van der Waals surface area (Å²) in [6, 6.07) is 0. The number of likely N-dealkylation sites (tertiary alicyclic amines) is 1. The summed E-state index contributed by atoms with van der Waals surface area (Å²) < 4.78 is 9.88. The predicted molar refractivity (Wildman–Crippen MR) is 39.0 cm³/mol.